The summed E-state index contributed by atoms with van der Waals surface area (Å²) in [6.45, 7) is 1.52. The summed E-state index contributed by atoms with van der Waals surface area (Å²) in [6, 6.07) is 9.22. The number of nitrogens with one attached hydrogen (secondary N) is 2. The Labute approximate surface area is 170 Å². The van der Waals surface area contributed by atoms with Crippen molar-refractivity contribution in [1.29, 1.82) is 0 Å². The van der Waals surface area contributed by atoms with Gasteiger partial charge in [-0.25, -0.2) is 19.7 Å². The molecule has 0 saturated heterocycles. The third-order valence-electron chi connectivity index (χ3n) is 5.07. The van der Waals surface area contributed by atoms with Crippen LogP contribution in [-0.2, 0) is 9.53 Å². The van der Waals surface area contributed by atoms with Crippen molar-refractivity contribution in [3.05, 3.63) is 54.2 Å². The van der Waals surface area contributed by atoms with Crippen LogP contribution in [0.2, 0.25) is 0 Å². The minimum atomic E-state index is -1.03. The van der Waals surface area contributed by atoms with Gasteiger partial charge in [-0.15, -0.1) is 0 Å². The lowest BCUT2D eigenvalue weighted by Crippen LogP contribution is -2.30. The number of H-pyrrole nitrogens is 1. The van der Waals surface area contributed by atoms with Gasteiger partial charge < -0.3 is 15.0 Å². The fourth-order valence-corrected chi connectivity index (χ4v) is 3.31. The fraction of sp³-hybridized carbons (Fsp3) is 0.238. The van der Waals surface area contributed by atoms with Gasteiger partial charge in [-0.1, -0.05) is 18.2 Å². The molecule has 1 amide bonds. The first-order valence-corrected chi connectivity index (χ1v) is 9.66. The molecular weight excluding hydrogens is 384 g/mol. The van der Waals surface area contributed by atoms with E-state index in [2.05, 4.69) is 30.2 Å². The molecule has 0 aliphatic heterocycles. The highest BCUT2D eigenvalue weighted by Gasteiger charge is 2.28. The average Bonchev–Trinajstić information content (AvgIpc) is 3.49. The van der Waals surface area contributed by atoms with Crippen molar-refractivity contribution < 1.29 is 14.3 Å². The Morgan fingerprint density at radius 1 is 1.20 bits per heavy atom. The molecule has 1 atom stereocenters. The molecule has 1 aliphatic carbocycles. The molecule has 150 valence electrons. The molecule has 9 nitrogen and oxygen atoms in total. The normalized spacial score (nSPS) is 14.6. The molecule has 1 unspecified atom stereocenters. The second kappa shape index (κ2) is 7.18. The Kier molecular flexibility index (Phi) is 4.35. The van der Waals surface area contributed by atoms with E-state index in [1.165, 1.54) is 19.6 Å². The van der Waals surface area contributed by atoms with Crippen LogP contribution < -0.4 is 5.32 Å². The van der Waals surface area contributed by atoms with Crippen LogP contribution in [0.5, 0.6) is 0 Å². The molecule has 0 radical (unpaired) electrons. The number of pyridine rings is 1. The van der Waals surface area contributed by atoms with Gasteiger partial charge in [0.2, 0.25) is 0 Å². The second-order valence-electron chi connectivity index (χ2n) is 7.25. The van der Waals surface area contributed by atoms with Crippen molar-refractivity contribution in [3.8, 4) is 0 Å². The molecule has 0 spiro atoms. The van der Waals surface area contributed by atoms with E-state index in [1.54, 1.807) is 6.07 Å². The van der Waals surface area contributed by atoms with Crippen molar-refractivity contribution in [2.45, 2.75) is 31.8 Å². The summed E-state index contributed by atoms with van der Waals surface area (Å²) < 4.78 is 5.48. The van der Waals surface area contributed by atoms with Crippen LogP contribution in [0.3, 0.4) is 0 Å². The maximum Gasteiger partial charge on any atom is 0.339 e. The largest absolute Gasteiger partial charge is 0.449 e. The number of imidazole rings is 1. The number of esters is 1. The number of hydrogen-bond donors (Lipinski definition) is 2. The van der Waals surface area contributed by atoms with E-state index in [1.807, 2.05) is 24.3 Å². The van der Waals surface area contributed by atoms with Gasteiger partial charge in [0.15, 0.2) is 17.6 Å². The first-order valence-electron chi connectivity index (χ1n) is 9.66. The number of anilines is 1. The smallest absolute Gasteiger partial charge is 0.339 e. The van der Waals surface area contributed by atoms with Crippen molar-refractivity contribution >= 4 is 39.8 Å². The lowest BCUT2D eigenvalue weighted by molar-refractivity contribution is -0.123. The molecule has 0 bridgehead atoms. The summed E-state index contributed by atoms with van der Waals surface area (Å²) in [5.41, 5.74) is 2.98. The molecule has 2 N–H and O–H groups in total. The van der Waals surface area contributed by atoms with Gasteiger partial charge in [0, 0.05) is 17.0 Å². The zero-order chi connectivity index (χ0) is 20.7. The zero-order valence-corrected chi connectivity index (χ0v) is 16.1. The Hall–Kier alpha value is -3.88. The van der Waals surface area contributed by atoms with E-state index >= 15 is 0 Å². The molecule has 30 heavy (non-hydrogen) atoms. The lowest BCUT2D eigenvalue weighted by Gasteiger charge is -2.15. The predicted molar refractivity (Wildman–Crippen MR) is 109 cm³/mol. The Bertz CT molecular complexity index is 1280. The van der Waals surface area contributed by atoms with E-state index < -0.39 is 18.0 Å². The Balaban J connectivity index is 1.37. The average molecular weight is 402 g/mol. The Morgan fingerprint density at radius 3 is 2.87 bits per heavy atom. The van der Waals surface area contributed by atoms with Crippen molar-refractivity contribution in [2.75, 3.05) is 5.32 Å². The van der Waals surface area contributed by atoms with Crippen LogP contribution in [0.15, 0.2) is 43.0 Å². The summed E-state index contributed by atoms with van der Waals surface area (Å²) in [5, 5.41) is 3.36. The highest BCUT2D eigenvalue weighted by molar-refractivity contribution is 6.05. The van der Waals surface area contributed by atoms with Gasteiger partial charge in [0.25, 0.3) is 5.91 Å². The minimum Gasteiger partial charge on any atom is -0.449 e. The third-order valence-corrected chi connectivity index (χ3v) is 5.07. The highest BCUT2D eigenvalue weighted by atomic mass is 16.5. The van der Waals surface area contributed by atoms with E-state index in [0.717, 1.165) is 24.1 Å². The number of benzene rings is 1. The maximum absolute atomic E-state index is 12.9. The lowest BCUT2D eigenvalue weighted by atomic mass is 10.1. The van der Waals surface area contributed by atoms with E-state index in [-0.39, 0.29) is 5.82 Å². The van der Waals surface area contributed by atoms with Crippen molar-refractivity contribution in [1.82, 2.24) is 24.9 Å². The van der Waals surface area contributed by atoms with Gasteiger partial charge >= 0.3 is 5.97 Å². The molecule has 3 heterocycles. The molecule has 3 aromatic heterocycles. The number of rotatable bonds is 5. The van der Waals surface area contributed by atoms with Crippen LogP contribution in [0.25, 0.3) is 22.1 Å². The monoisotopic (exact) mass is 402 g/mol. The van der Waals surface area contributed by atoms with Gasteiger partial charge in [0.1, 0.15) is 11.8 Å². The summed E-state index contributed by atoms with van der Waals surface area (Å²) in [5.74, 6) is -0.404. The van der Waals surface area contributed by atoms with Crippen molar-refractivity contribution in [2.24, 2.45) is 0 Å². The number of ether oxygens (including phenoxy) is 1. The fourth-order valence-electron chi connectivity index (χ4n) is 3.31. The summed E-state index contributed by atoms with van der Waals surface area (Å²) in [4.78, 5) is 45.1. The van der Waals surface area contributed by atoms with E-state index in [0.29, 0.717) is 28.0 Å². The molecule has 1 aliphatic rings. The van der Waals surface area contributed by atoms with Crippen LogP contribution in [0.4, 0.5) is 5.82 Å². The van der Waals surface area contributed by atoms with Crippen LogP contribution in [-0.4, -0.2) is 42.9 Å². The number of nitrogens with zero attached hydrogens (tertiary/aromatic N) is 4. The molecule has 4 aromatic rings. The summed E-state index contributed by atoms with van der Waals surface area (Å²) in [6.07, 6.45) is 3.88. The molecule has 1 aromatic carbocycles. The molecule has 1 saturated carbocycles. The minimum absolute atomic E-state index is 0.274. The third kappa shape index (κ3) is 3.34. The highest BCUT2D eigenvalue weighted by Crippen LogP contribution is 2.40. The van der Waals surface area contributed by atoms with Crippen LogP contribution in [0.1, 0.15) is 41.7 Å². The maximum atomic E-state index is 12.9. The SMILES string of the molecule is CC(OC(=O)c1cc(C2CC2)nc2ccccc12)C(=O)Nc1ncnc2nc[nH]c12. The number of para-hydroxylation sites is 1. The van der Waals surface area contributed by atoms with Gasteiger partial charge in [-0.05, 0) is 31.9 Å². The predicted octanol–water partition coefficient (Wildman–Crippen LogP) is 2.96. The number of aromatic nitrogens is 5. The number of amides is 1. The van der Waals surface area contributed by atoms with E-state index in [9.17, 15) is 9.59 Å². The number of fused-ring (bicyclic) bond motifs is 2. The first kappa shape index (κ1) is 18.2. The molecule has 5 rings (SSSR count). The summed E-state index contributed by atoms with van der Waals surface area (Å²) >= 11 is 0. The van der Waals surface area contributed by atoms with Crippen LogP contribution in [0, 0.1) is 0 Å². The second-order valence-corrected chi connectivity index (χ2v) is 7.25. The van der Waals surface area contributed by atoms with Gasteiger partial charge in [-0.2, -0.15) is 0 Å². The molecule has 9 heteroatoms. The topological polar surface area (TPSA) is 123 Å². The van der Waals surface area contributed by atoms with Crippen molar-refractivity contribution in [3.63, 3.8) is 0 Å². The Morgan fingerprint density at radius 2 is 2.03 bits per heavy atom. The quantitative estimate of drug-likeness (QED) is 0.492. The number of hydrogen-bond acceptors (Lipinski definition) is 7. The zero-order valence-electron chi connectivity index (χ0n) is 16.1. The molecule has 1 fully saturated rings. The number of carbonyl (C=O) groups excluding carboxylic acids is 2. The first-order chi connectivity index (χ1) is 14.6. The standard InChI is InChI=1S/C21H18N6O3/c1-11(20(28)27-19-17-18(23-9-22-17)24-10-25-19)30-21(29)14-8-16(12-6-7-12)26-15-5-3-2-4-13(14)15/h2-5,8-12H,6-7H2,1H3,(H2,22,23,24,25,27,28). The number of carbonyl (C=O) groups is 2. The van der Waals surface area contributed by atoms with Crippen LogP contribution >= 0.6 is 0 Å². The van der Waals surface area contributed by atoms with Gasteiger partial charge in [-0.3, -0.25) is 9.78 Å². The number of aromatic amines is 1. The summed E-state index contributed by atoms with van der Waals surface area (Å²) in [7, 11) is 0. The van der Waals surface area contributed by atoms with Gasteiger partial charge in [0.05, 0.1) is 17.4 Å². The van der Waals surface area contributed by atoms with E-state index in [4.69, 9.17) is 4.74 Å². The molecular formula is C21H18N6O3.